The molecule has 0 saturated carbocycles. The Hall–Kier alpha value is -2.26. The number of nitrogens with one attached hydrogen (secondary N) is 2. The van der Waals surface area contributed by atoms with E-state index in [-0.39, 0.29) is 22.2 Å². The Balaban J connectivity index is 2.18. The third-order valence-electron chi connectivity index (χ3n) is 3.24. The number of anilines is 4. The lowest BCUT2D eigenvalue weighted by atomic mass is 10.2. The van der Waals surface area contributed by atoms with Crippen LogP contribution in [0.4, 0.5) is 36.2 Å². The summed E-state index contributed by atoms with van der Waals surface area (Å²) in [7, 11) is 1.60. The second-order valence-electron chi connectivity index (χ2n) is 5.08. The maximum atomic E-state index is 12.9. The molecule has 1 aromatic heterocycles. The van der Waals surface area contributed by atoms with Crippen LogP contribution < -0.4 is 16.4 Å². The molecule has 0 amide bonds. The summed E-state index contributed by atoms with van der Waals surface area (Å²) in [6.07, 6.45) is -2.55. The molecule has 2 rings (SSSR count). The largest absolute Gasteiger partial charge is 0.417 e. The number of methoxy groups -OCH3 is 1. The molecular formula is C15H17ClF3N5O. The number of benzene rings is 1. The predicted octanol–water partition coefficient (Wildman–Crippen LogP) is 3.92. The van der Waals surface area contributed by atoms with Gasteiger partial charge in [-0.25, -0.2) is 9.97 Å². The quantitative estimate of drug-likeness (QED) is 0.636. The number of alkyl halides is 3. The molecule has 10 heteroatoms. The molecule has 1 heterocycles. The zero-order valence-electron chi connectivity index (χ0n) is 13.3. The topological polar surface area (TPSA) is 85.1 Å². The molecule has 25 heavy (non-hydrogen) atoms. The summed E-state index contributed by atoms with van der Waals surface area (Å²) >= 11 is 5.60. The highest BCUT2D eigenvalue weighted by Gasteiger charge is 2.33. The minimum Gasteiger partial charge on any atom is -0.393 e. The van der Waals surface area contributed by atoms with Gasteiger partial charge in [-0.3, -0.25) is 0 Å². The molecule has 0 bridgehead atoms. The Morgan fingerprint density at radius 1 is 1.24 bits per heavy atom. The molecule has 2 aromatic rings. The van der Waals surface area contributed by atoms with Crippen molar-refractivity contribution in [2.45, 2.75) is 12.6 Å². The molecule has 0 fully saturated rings. The van der Waals surface area contributed by atoms with Crippen molar-refractivity contribution in [2.24, 2.45) is 0 Å². The van der Waals surface area contributed by atoms with Gasteiger partial charge in [0.2, 0.25) is 0 Å². The third kappa shape index (κ3) is 5.10. The number of nitrogens with two attached hydrogens (primary N) is 1. The van der Waals surface area contributed by atoms with Crippen molar-refractivity contribution in [1.82, 2.24) is 9.97 Å². The highest BCUT2D eigenvalue weighted by atomic mass is 35.5. The Labute approximate surface area is 147 Å². The van der Waals surface area contributed by atoms with Crippen molar-refractivity contribution >= 4 is 34.6 Å². The van der Waals surface area contributed by atoms with E-state index in [2.05, 4.69) is 20.6 Å². The Bertz CT molecular complexity index is 727. The number of rotatable bonds is 7. The monoisotopic (exact) mass is 375 g/mol. The summed E-state index contributed by atoms with van der Waals surface area (Å²) in [6.45, 7) is 1.15. The predicted molar refractivity (Wildman–Crippen MR) is 91.2 cm³/mol. The highest BCUT2D eigenvalue weighted by molar-refractivity contribution is 6.31. The maximum Gasteiger partial charge on any atom is 0.417 e. The van der Waals surface area contributed by atoms with E-state index in [0.29, 0.717) is 19.0 Å². The van der Waals surface area contributed by atoms with E-state index in [4.69, 9.17) is 22.1 Å². The van der Waals surface area contributed by atoms with Gasteiger partial charge in [0.15, 0.2) is 11.6 Å². The van der Waals surface area contributed by atoms with Crippen molar-refractivity contribution in [3.8, 4) is 0 Å². The maximum absolute atomic E-state index is 12.9. The van der Waals surface area contributed by atoms with E-state index >= 15 is 0 Å². The highest BCUT2D eigenvalue weighted by Crippen LogP contribution is 2.37. The average molecular weight is 376 g/mol. The van der Waals surface area contributed by atoms with Crippen LogP contribution in [0.2, 0.25) is 5.02 Å². The van der Waals surface area contributed by atoms with Crippen LogP contribution in [-0.2, 0) is 10.9 Å². The molecule has 0 unspecified atom stereocenters. The van der Waals surface area contributed by atoms with Crippen molar-refractivity contribution in [2.75, 3.05) is 36.6 Å². The molecule has 0 atom stereocenters. The Morgan fingerprint density at radius 3 is 2.64 bits per heavy atom. The van der Waals surface area contributed by atoms with Crippen LogP contribution in [0.15, 0.2) is 24.5 Å². The first kappa shape index (κ1) is 19.1. The zero-order chi connectivity index (χ0) is 18.4. The molecule has 6 nitrogen and oxygen atoms in total. The number of nitrogen functional groups attached to an aromatic ring is 1. The van der Waals surface area contributed by atoms with Gasteiger partial charge in [-0.15, -0.1) is 0 Å². The first-order chi connectivity index (χ1) is 11.8. The zero-order valence-corrected chi connectivity index (χ0v) is 14.1. The van der Waals surface area contributed by atoms with Gasteiger partial charge < -0.3 is 21.1 Å². The summed E-state index contributed by atoms with van der Waals surface area (Å²) in [5.41, 5.74) is 5.39. The molecule has 4 N–H and O–H groups in total. The first-order valence-corrected chi connectivity index (χ1v) is 7.67. The third-order valence-corrected chi connectivity index (χ3v) is 3.57. The first-order valence-electron chi connectivity index (χ1n) is 7.30. The molecular weight excluding hydrogens is 359 g/mol. The van der Waals surface area contributed by atoms with Crippen molar-refractivity contribution in [3.63, 3.8) is 0 Å². The van der Waals surface area contributed by atoms with Crippen LogP contribution in [-0.4, -0.2) is 30.2 Å². The average Bonchev–Trinajstić information content (AvgIpc) is 2.55. The molecule has 136 valence electrons. The normalized spacial score (nSPS) is 11.4. The van der Waals surface area contributed by atoms with Crippen molar-refractivity contribution in [3.05, 3.63) is 35.1 Å². The molecule has 0 saturated heterocycles. The van der Waals surface area contributed by atoms with Gasteiger partial charge >= 0.3 is 6.18 Å². The number of hydrogen-bond donors (Lipinski definition) is 3. The Morgan fingerprint density at radius 2 is 1.96 bits per heavy atom. The smallest absolute Gasteiger partial charge is 0.393 e. The van der Waals surface area contributed by atoms with Crippen LogP contribution in [0.25, 0.3) is 0 Å². The summed E-state index contributed by atoms with van der Waals surface area (Å²) in [6, 6.07) is 3.47. The van der Waals surface area contributed by atoms with Crippen LogP contribution >= 0.6 is 11.6 Å². The molecule has 0 radical (unpaired) electrons. The van der Waals surface area contributed by atoms with Crippen LogP contribution in [0.3, 0.4) is 0 Å². The van der Waals surface area contributed by atoms with E-state index < -0.39 is 11.7 Å². The minimum atomic E-state index is -4.56. The summed E-state index contributed by atoms with van der Waals surface area (Å²) in [5, 5.41) is 5.40. The van der Waals surface area contributed by atoms with Gasteiger partial charge in [0.25, 0.3) is 0 Å². The van der Waals surface area contributed by atoms with E-state index in [1.54, 1.807) is 7.11 Å². The standard InChI is InChI=1S/C15H17ClF3N5O/c1-25-6-2-5-21-13-12(20)14(23-8-22-13)24-9-3-4-11(16)10(7-9)15(17,18)19/h3-4,7-8H,2,5-6,20H2,1H3,(H2,21,22,23,24). The van der Waals surface area contributed by atoms with Crippen molar-refractivity contribution < 1.29 is 17.9 Å². The van der Waals surface area contributed by atoms with E-state index in [1.807, 2.05) is 0 Å². The SMILES string of the molecule is COCCCNc1ncnc(Nc2ccc(Cl)c(C(F)(F)F)c2)c1N. The van der Waals surface area contributed by atoms with Gasteiger partial charge in [-0.05, 0) is 24.6 Å². The van der Waals surface area contributed by atoms with Crippen LogP contribution in [0.5, 0.6) is 0 Å². The molecule has 0 aliphatic rings. The van der Waals surface area contributed by atoms with E-state index in [1.165, 1.54) is 12.4 Å². The summed E-state index contributed by atoms with van der Waals surface area (Å²) < 4.78 is 43.7. The molecule has 0 aliphatic heterocycles. The number of ether oxygens (including phenoxy) is 1. The van der Waals surface area contributed by atoms with Gasteiger partial charge in [-0.2, -0.15) is 13.2 Å². The lowest BCUT2D eigenvalue weighted by Crippen LogP contribution is -2.11. The summed E-state index contributed by atoms with van der Waals surface area (Å²) in [5.74, 6) is 0.582. The lowest BCUT2D eigenvalue weighted by molar-refractivity contribution is -0.137. The van der Waals surface area contributed by atoms with E-state index in [0.717, 1.165) is 18.6 Å². The number of hydrogen-bond acceptors (Lipinski definition) is 6. The molecule has 0 spiro atoms. The van der Waals surface area contributed by atoms with E-state index in [9.17, 15) is 13.2 Å². The van der Waals surface area contributed by atoms with Crippen molar-refractivity contribution in [1.29, 1.82) is 0 Å². The number of nitrogens with zero attached hydrogens (tertiary/aromatic N) is 2. The Kier molecular flexibility index (Phi) is 6.27. The minimum absolute atomic E-state index is 0.160. The summed E-state index contributed by atoms with van der Waals surface area (Å²) in [4.78, 5) is 7.99. The lowest BCUT2D eigenvalue weighted by Gasteiger charge is -2.14. The fraction of sp³-hybridized carbons (Fsp3) is 0.333. The second-order valence-corrected chi connectivity index (χ2v) is 5.48. The van der Waals surface area contributed by atoms with Crippen LogP contribution in [0, 0.1) is 0 Å². The van der Waals surface area contributed by atoms with Gasteiger partial charge in [0.05, 0.1) is 10.6 Å². The van der Waals surface area contributed by atoms with Gasteiger partial charge in [-0.1, -0.05) is 11.6 Å². The second kappa shape index (κ2) is 8.21. The molecule has 0 aliphatic carbocycles. The fourth-order valence-electron chi connectivity index (χ4n) is 2.02. The fourth-order valence-corrected chi connectivity index (χ4v) is 2.24. The van der Waals surface area contributed by atoms with Crippen LogP contribution in [0.1, 0.15) is 12.0 Å². The van der Waals surface area contributed by atoms with Gasteiger partial charge in [0, 0.05) is 25.9 Å². The van der Waals surface area contributed by atoms with Gasteiger partial charge in [0.1, 0.15) is 12.0 Å². The number of aromatic nitrogens is 2. The molecule has 1 aromatic carbocycles. The number of halogens is 4.